The molecule has 0 radical (unpaired) electrons. The first-order valence-corrected chi connectivity index (χ1v) is 8.86. The Labute approximate surface area is 149 Å². The Hall–Kier alpha value is -2.14. The van der Waals surface area contributed by atoms with Crippen molar-refractivity contribution in [3.8, 4) is 0 Å². The standard InChI is InChI=1S/C20H27N3O2/c1-15-13-17(20(2,3)4)25-18(15)19(24)23-11-9-22(10-12-23)14-16-5-7-21-8-6-16/h5-8,13H,9-12,14H2,1-4H3. The molecular formula is C20H27N3O2. The van der Waals surface area contributed by atoms with E-state index < -0.39 is 0 Å². The maximum atomic E-state index is 12.8. The average Bonchev–Trinajstić information content (AvgIpc) is 2.98. The number of hydrogen-bond acceptors (Lipinski definition) is 4. The van der Waals surface area contributed by atoms with Gasteiger partial charge in [-0.25, -0.2) is 0 Å². The van der Waals surface area contributed by atoms with Gasteiger partial charge in [-0.1, -0.05) is 20.8 Å². The van der Waals surface area contributed by atoms with Gasteiger partial charge in [0.15, 0.2) is 5.76 Å². The molecule has 25 heavy (non-hydrogen) atoms. The first-order chi connectivity index (χ1) is 11.8. The molecule has 0 aliphatic carbocycles. The van der Waals surface area contributed by atoms with Crippen molar-refractivity contribution in [1.29, 1.82) is 0 Å². The number of carbonyl (C=O) groups excluding carboxylic acids is 1. The predicted octanol–water partition coefficient (Wildman–Crippen LogP) is 3.24. The van der Waals surface area contributed by atoms with Crippen molar-refractivity contribution >= 4 is 5.91 Å². The van der Waals surface area contributed by atoms with Crippen molar-refractivity contribution in [3.63, 3.8) is 0 Å². The Bertz CT molecular complexity index is 723. The molecule has 3 rings (SSSR count). The molecule has 1 amide bonds. The highest BCUT2D eigenvalue weighted by Gasteiger charge is 2.28. The van der Waals surface area contributed by atoms with Gasteiger partial charge in [-0.3, -0.25) is 14.7 Å². The van der Waals surface area contributed by atoms with Crippen LogP contribution in [-0.2, 0) is 12.0 Å². The molecule has 1 aliphatic heterocycles. The van der Waals surface area contributed by atoms with Gasteiger partial charge in [-0.05, 0) is 30.7 Å². The molecule has 1 fully saturated rings. The molecule has 3 heterocycles. The van der Waals surface area contributed by atoms with Crippen molar-refractivity contribution in [2.75, 3.05) is 26.2 Å². The molecule has 2 aromatic rings. The zero-order valence-corrected chi connectivity index (χ0v) is 15.6. The molecule has 0 bridgehead atoms. The highest BCUT2D eigenvalue weighted by molar-refractivity contribution is 5.93. The Morgan fingerprint density at radius 3 is 2.36 bits per heavy atom. The van der Waals surface area contributed by atoms with Crippen LogP contribution in [0.2, 0.25) is 0 Å². The normalized spacial score (nSPS) is 16.2. The van der Waals surface area contributed by atoms with Crippen LogP contribution in [0.5, 0.6) is 0 Å². The highest BCUT2D eigenvalue weighted by Crippen LogP contribution is 2.28. The number of piperazine rings is 1. The molecule has 1 saturated heterocycles. The zero-order chi connectivity index (χ0) is 18.0. The summed E-state index contributed by atoms with van der Waals surface area (Å²) in [5.41, 5.74) is 2.09. The van der Waals surface area contributed by atoms with E-state index in [-0.39, 0.29) is 11.3 Å². The lowest BCUT2D eigenvalue weighted by Crippen LogP contribution is -2.48. The van der Waals surface area contributed by atoms with Crippen LogP contribution in [0.1, 0.15) is 48.2 Å². The van der Waals surface area contributed by atoms with Gasteiger partial charge < -0.3 is 9.32 Å². The third kappa shape index (κ3) is 4.10. The fourth-order valence-corrected chi connectivity index (χ4v) is 3.06. The van der Waals surface area contributed by atoms with Gasteiger partial charge >= 0.3 is 0 Å². The topological polar surface area (TPSA) is 49.6 Å². The maximum absolute atomic E-state index is 12.8. The summed E-state index contributed by atoms with van der Waals surface area (Å²) >= 11 is 0. The molecule has 134 valence electrons. The number of aromatic nitrogens is 1. The molecular weight excluding hydrogens is 314 g/mol. The molecule has 2 aromatic heterocycles. The molecule has 5 heteroatoms. The smallest absolute Gasteiger partial charge is 0.289 e. The summed E-state index contributed by atoms with van der Waals surface area (Å²) in [5, 5.41) is 0. The third-order valence-corrected chi connectivity index (χ3v) is 4.67. The predicted molar refractivity (Wildman–Crippen MR) is 97.6 cm³/mol. The number of pyridine rings is 1. The van der Waals surface area contributed by atoms with Gasteiger partial charge in [0, 0.05) is 56.1 Å². The fourth-order valence-electron chi connectivity index (χ4n) is 3.06. The minimum atomic E-state index is -0.0907. The first kappa shape index (κ1) is 17.7. The lowest BCUT2D eigenvalue weighted by molar-refractivity contribution is 0.0593. The Morgan fingerprint density at radius 2 is 1.80 bits per heavy atom. The minimum absolute atomic E-state index is 0.0107. The summed E-state index contributed by atoms with van der Waals surface area (Å²) in [4.78, 5) is 21.2. The van der Waals surface area contributed by atoms with Gasteiger partial charge in [0.25, 0.3) is 5.91 Å². The number of furan rings is 1. The van der Waals surface area contributed by atoms with Crippen LogP contribution in [0, 0.1) is 6.92 Å². The van der Waals surface area contributed by atoms with Crippen molar-refractivity contribution in [3.05, 3.63) is 53.2 Å². The summed E-state index contributed by atoms with van der Waals surface area (Å²) in [6.07, 6.45) is 3.64. The van der Waals surface area contributed by atoms with Gasteiger partial charge in [0.2, 0.25) is 0 Å². The van der Waals surface area contributed by atoms with E-state index in [4.69, 9.17) is 4.42 Å². The molecule has 1 aliphatic rings. The zero-order valence-electron chi connectivity index (χ0n) is 15.6. The van der Waals surface area contributed by atoms with E-state index in [1.54, 1.807) is 0 Å². The average molecular weight is 341 g/mol. The van der Waals surface area contributed by atoms with Crippen molar-refractivity contribution in [2.45, 2.75) is 39.7 Å². The van der Waals surface area contributed by atoms with Crippen LogP contribution in [0.4, 0.5) is 0 Å². The number of hydrogen-bond donors (Lipinski definition) is 0. The quantitative estimate of drug-likeness (QED) is 0.860. The second-order valence-electron chi connectivity index (χ2n) is 7.80. The van der Waals surface area contributed by atoms with Gasteiger partial charge in [0.05, 0.1) is 0 Å². The van der Waals surface area contributed by atoms with Crippen molar-refractivity contribution in [1.82, 2.24) is 14.8 Å². The lowest BCUT2D eigenvalue weighted by Gasteiger charge is -2.34. The largest absolute Gasteiger partial charge is 0.455 e. The Kier molecular flexibility index (Phi) is 4.95. The van der Waals surface area contributed by atoms with E-state index in [1.807, 2.05) is 42.4 Å². The lowest BCUT2D eigenvalue weighted by atomic mass is 9.93. The Morgan fingerprint density at radius 1 is 1.16 bits per heavy atom. The fraction of sp³-hybridized carbons (Fsp3) is 0.500. The SMILES string of the molecule is Cc1cc(C(C)(C)C)oc1C(=O)N1CCN(Cc2ccncc2)CC1. The van der Waals surface area contributed by atoms with Crippen LogP contribution in [0.25, 0.3) is 0 Å². The van der Waals surface area contributed by atoms with E-state index in [0.29, 0.717) is 5.76 Å². The van der Waals surface area contributed by atoms with Crippen molar-refractivity contribution in [2.24, 2.45) is 0 Å². The Balaban J connectivity index is 1.61. The number of carbonyl (C=O) groups is 1. The summed E-state index contributed by atoms with van der Waals surface area (Å²) in [7, 11) is 0. The van der Waals surface area contributed by atoms with E-state index >= 15 is 0 Å². The maximum Gasteiger partial charge on any atom is 0.289 e. The summed E-state index contributed by atoms with van der Waals surface area (Å²) in [6, 6.07) is 6.07. The third-order valence-electron chi connectivity index (χ3n) is 4.67. The first-order valence-electron chi connectivity index (χ1n) is 8.86. The molecule has 0 saturated carbocycles. The van der Waals surface area contributed by atoms with E-state index in [0.717, 1.165) is 44.0 Å². The van der Waals surface area contributed by atoms with Gasteiger partial charge in [-0.15, -0.1) is 0 Å². The van der Waals surface area contributed by atoms with E-state index in [1.165, 1.54) is 5.56 Å². The molecule has 0 spiro atoms. The van der Waals surface area contributed by atoms with Gasteiger partial charge in [-0.2, -0.15) is 0 Å². The minimum Gasteiger partial charge on any atom is -0.455 e. The highest BCUT2D eigenvalue weighted by atomic mass is 16.4. The molecule has 0 N–H and O–H groups in total. The number of amides is 1. The van der Waals surface area contributed by atoms with Crippen molar-refractivity contribution < 1.29 is 9.21 Å². The van der Waals surface area contributed by atoms with Crippen LogP contribution < -0.4 is 0 Å². The van der Waals surface area contributed by atoms with Crippen LogP contribution >= 0.6 is 0 Å². The second-order valence-corrected chi connectivity index (χ2v) is 7.80. The molecule has 0 aromatic carbocycles. The van der Waals surface area contributed by atoms with Gasteiger partial charge in [0.1, 0.15) is 5.76 Å². The second kappa shape index (κ2) is 7.00. The number of nitrogens with zero attached hydrogens (tertiary/aromatic N) is 3. The molecule has 0 atom stereocenters. The molecule has 5 nitrogen and oxygen atoms in total. The summed E-state index contributed by atoms with van der Waals surface area (Å²) in [6.45, 7) is 12.3. The monoisotopic (exact) mass is 341 g/mol. The van der Waals surface area contributed by atoms with Crippen LogP contribution in [0.15, 0.2) is 35.0 Å². The number of aryl methyl sites for hydroxylation is 1. The number of rotatable bonds is 3. The van der Waals surface area contributed by atoms with Crippen LogP contribution in [0.3, 0.4) is 0 Å². The van der Waals surface area contributed by atoms with Crippen LogP contribution in [-0.4, -0.2) is 46.9 Å². The van der Waals surface area contributed by atoms with E-state index in [9.17, 15) is 4.79 Å². The molecule has 0 unspecified atom stereocenters. The summed E-state index contributed by atoms with van der Waals surface area (Å²) < 4.78 is 5.90. The van der Waals surface area contributed by atoms with E-state index in [2.05, 4.69) is 30.7 Å². The summed E-state index contributed by atoms with van der Waals surface area (Å²) in [5.74, 6) is 1.37.